The van der Waals surface area contributed by atoms with E-state index in [0.29, 0.717) is 32.4 Å². The van der Waals surface area contributed by atoms with E-state index in [-0.39, 0.29) is 29.4 Å². The van der Waals surface area contributed by atoms with Crippen LogP contribution in [0.4, 0.5) is 4.39 Å². The highest BCUT2D eigenvalue weighted by molar-refractivity contribution is 7.91. The van der Waals surface area contributed by atoms with Crippen molar-refractivity contribution in [3.63, 3.8) is 0 Å². The van der Waals surface area contributed by atoms with Gasteiger partial charge in [0.05, 0.1) is 11.5 Å². The zero-order valence-electron chi connectivity index (χ0n) is 16.3. The highest BCUT2D eigenvalue weighted by Gasteiger charge is 2.31. The van der Waals surface area contributed by atoms with Crippen LogP contribution in [0.25, 0.3) is 0 Å². The lowest BCUT2D eigenvalue weighted by atomic mass is 10.1. The summed E-state index contributed by atoms with van der Waals surface area (Å²) in [5.41, 5.74) is 4.21. The summed E-state index contributed by atoms with van der Waals surface area (Å²) in [5.74, 6) is -2.65. The van der Waals surface area contributed by atoms with Gasteiger partial charge in [0.1, 0.15) is 10.7 Å². The zero-order valence-corrected chi connectivity index (χ0v) is 17.9. The topological polar surface area (TPSA) is 130 Å². The molecule has 9 nitrogen and oxygen atoms in total. The second kappa shape index (κ2) is 8.98. The van der Waals surface area contributed by atoms with Gasteiger partial charge in [0.15, 0.2) is 9.84 Å². The van der Waals surface area contributed by atoms with Crippen molar-refractivity contribution in [1.82, 2.24) is 15.2 Å². The Balaban J connectivity index is 1.64. The average molecular weight is 462 g/mol. The number of sulfone groups is 1. The highest BCUT2D eigenvalue weighted by Crippen LogP contribution is 2.24. The molecular weight excluding hydrogens is 437 g/mol. The van der Waals surface area contributed by atoms with Crippen molar-refractivity contribution >= 4 is 31.7 Å². The number of rotatable bonds is 5. The molecule has 166 valence electrons. The number of sulfonamides is 1. The molecule has 0 aliphatic carbocycles. The van der Waals surface area contributed by atoms with Gasteiger partial charge < -0.3 is 0 Å². The minimum Gasteiger partial charge on any atom is -0.273 e. The van der Waals surface area contributed by atoms with E-state index >= 15 is 0 Å². The summed E-state index contributed by atoms with van der Waals surface area (Å²) in [6.45, 7) is 0.594. The largest absolute Gasteiger partial charge is 0.273 e. The van der Waals surface area contributed by atoms with Crippen molar-refractivity contribution in [3.05, 3.63) is 29.6 Å². The summed E-state index contributed by atoms with van der Waals surface area (Å²) in [7, 11) is -7.18. The van der Waals surface area contributed by atoms with E-state index in [4.69, 9.17) is 0 Å². The van der Waals surface area contributed by atoms with Gasteiger partial charge >= 0.3 is 0 Å². The van der Waals surface area contributed by atoms with Crippen molar-refractivity contribution < 1.29 is 30.8 Å². The minimum absolute atomic E-state index is 0.0428. The maximum absolute atomic E-state index is 14.2. The number of amides is 2. The average Bonchev–Trinajstić information content (AvgIpc) is 3.05. The summed E-state index contributed by atoms with van der Waals surface area (Å²) in [6.07, 6.45) is 2.62. The Morgan fingerprint density at radius 3 is 2.47 bits per heavy atom. The van der Waals surface area contributed by atoms with Crippen LogP contribution >= 0.6 is 0 Å². The molecule has 0 bridgehead atoms. The van der Waals surface area contributed by atoms with Crippen molar-refractivity contribution in [2.75, 3.05) is 24.6 Å². The minimum atomic E-state index is -4.07. The fourth-order valence-corrected chi connectivity index (χ4v) is 7.10. The molecule has 1 aromatic rings. The Kier molecular flexibility index (Phi) is 6.78. The van der Waals surface area contributed by atoms with Crippen LogP contribution in [0.1, 0.15) is 42.5 Å². The van der Waals surface area contributed by atoms with Gasteiger partial charge in [-0.15, -0.1) is 0 Å². The number of hydrogen-bond acceptors (Lipinski definition) is 6. The maximum atomic E-state index is 14.2. The van der Waals surface area contributed by atoms with Gasteiger partial charge in [0.25, 0.3) is 5.91 Å². The molecule has 2 aliphatic rings. The van der Waals surface area contributed by atoms with Crippen molar-refractivity contribution in [2.24, 2.45) is 5.92 Å². The first kappa shape index (κ1) is 22.6. The summed E-state index contributed by atoms with van der Waals surface area (Å²) in [4.78, 5) is 23.7. The molecule has 2 aliphatic heterocycles. The van der Waals surface area contributed by atoms with Gasteiger partial charge in [0.2, 0.25) is 15.9 Å². The molecule has 0 saturated carbocycles. The number of hydrazine groups is 1. The lowest BCUT2D eigenvalue weighted by molar-refractivity contribution is -0.122. The van der Waals surface area contributed by atoms with Gasteiger partial charge in [-0.2, -0.15) is 4.31 Å². The molecule has 0 aromatic heterocycles. The lowest BCUT2D eigenvalue weighted by Gasteiger charge is -2.26. The van der Waals surface area contributed by atoms with Crippen molar-refractivity contribution in [3.8, 4) is 0 Å². The normalized spacial score (nSPS) is 21.8. The number of halogens is 1. The molecular formula is C18H24FN3O6S2. The third kappa shape index (κ3) is 5.35. The Morgan fingerprint density at radius 1 is 1.13 bits per heavy atom. The molecule has 2 saturated heterocycles. The SMILES string of the molecule is O=C(CC1CCS(=O)(=O)C1)NNC(=O)c1ccc(F)c(S(=O)(=O)N2CCCCC2)c1. The Labute approximate surface area is 175 Å². The van der Waals surface area contributed by atoms with Crippen LogP contribution in [0, 0.1) is 11.7 Å². The summed E-state index contributed by atoms with van der Waals surface area (Å²) < 4.78 is 63.8. The Morgan fingerprint density at radius 2 is 1.83 bits per heavy atom. The molecule has 30 heavy (non-hydrogen) atoms. The molecule has 12 heteroatoms. The summed E-state index contributed by atoms with van der Waals surface area (Å²) in [5, 5.41) is 0. The summed E-state index contributed by atoms with van der Waals surface area (Å²) in [6, 6.07) is 2.97. The first-order valence-electron chi connectivity index (χ1n) is 9.68. The number of nitrogens with one attached hydrogen (secondary N) is 2. The van der Waals surface area contributed by atoms with Crippen LogP contribution in [-0.2, 0) is 24.7 Å². The molecule has 0 radical (unpaired) electrons. The summed E-state index contributed by atoms with van der Waals surface area (Å²) >= 11 is 0. The van der Waals surface area contributed by atoms with Crippen LogP contribution in [0.5, 0.6) is 0 Å². The van der Waals surface area contributed by atoms with Crippen molar-refractivity contribution in [2.45, 2.75) is 37.0 Å². The van der Waals surface area contributed by atoms with Crippen LogP contribution < -0.4 is 10.9 Å². The predicted octanol–water partition coefficient (Wildman–Crippen LogP) is 0.586. The molecule has 1 aromatic carbocycles. The molecule has 3 rings (SSSR count). The van der Waals surface area contributed by atoms with Gasteiger partial charge in [-0.05, 0) is 43.4 Å². The van der Waals surface area contributed by atoms with E-state index < -0.39 is 42.4 Å². The number of benzene rings is 1. The van der Waals surface area contributed by atoms with Gasteiger partial charge in [-0.3, -0.25) is 20.4 Å². The van der Waals surface area contributed by atoms with Crippen LogP contribution in [-0.4, -0.2) is 57.6 Å². The molecule has 1 unspecified atom stereocenters. The fraction of sp³-hybridized carbons (Fsp3) is 0.556. The number of nitrogens with zero attached hydrogens (tertiary/aromatic N) is 1. The van der Waals surface area contributed by atoms with E-state index in [0.717, 1.165) is 24.6 Å². The Bertz CT molecular complexity index is 1040. The molecule has 2 heterocycles. The zero-order chi connectivity index (χ0) is 21.9. The quantitative estimate of drug-likeness (QED) is 0.617. The molecule has 2 amide bonds. The van der Waals surface area contributed by atoms with Gasteiger partial charge in [-0.25, -0.2) is 21.2 Å². The van der Waals surface area contributed by atoms with E-state index in [1.807, 2.05) is 0 Å². The van der Waals surface area contributed by atoms with E-state index in [9.17, 15) is 30.8 Å². The van der Waals surface area contributed by atoms with Gasteiger partial charge in [-0.1, -0.05) is 6.42 Å². The standard InChI is InChI=1S/C18H24FN3O6S2/c19-15-5-4-14(11-16(15)30(27,28)22-7-2-1-3-8-22)18(24)21-20-17(23)10-13-6-9-29(25,26)12-13/h4-5,11,13H,1-3,6-10,12H2,(H,20,23)(H,21,24). The second-order valence-corrected chi connectivity index (χ2v) is 11.7. The predicted molar refractivity (Wildman–Crippen MR) is 106 cm³/mol. The van der Waals surface area contributed by atoms with E-state index in [2.05, 4.69) is 10.9 Å². The first-order valence-corrected chi connectivity index (χ1v) is 12.9. The molecule has 2 N–H and O–H groups in total. The Hall–Kier alpha value is -2.05. The lowest BCUT2D eigenvalue weighted by Crippen LogP contribution is -2.42. The van der Waals surface area contributed by atoms with E-state index in [1.54, 1.807) is 0 Å². The third-order valence-electron chi connectivity index (χ3n) is 5.24. The van der Waals surface area contributed by atoms with E-state index in [1.165, 1.54) is 4.31 Å². The molecule has 2 fully saturated rings. The number of carbonyl (C=O) groups excluding carboxylic acids is 2. The van der Waals surface area contributed by atoms with Crippen LogP contribution in [0.15, 0.2) is 23.1 Å². The monoisotopic (exact) mass is 461 g/mol. The second-order valence-electron chi connectivity index (χ2n) is 7.59. The van der Waals surface area contributed by atoms with Crippen LogP contribution in [0.2, 0.25) is 0 Å². The highest BCUT2D eigenvalue weighted by atomic mass is 32.2. The number of carbonyl (C=O) groups is 2. The maximum Gasteiger partial charge on any atom is 0.269 e. The molecule has 0 spiro atoms. The third-order valence-corrected chi connectivity index (χ3v) is 8.99. The molecule has 1 atom stereocenters. The smallest absolute Gasteiger partial charge is 0.269 e. The number of piperidine rings is 1. The van der Waals surface area contributed by atoms with Gasteiger partial charge in [0, 0.05) is 25.1 Å². The van der Waals surface area contributed by atoms with Crippen molar-refractivity contribution in [1.29, 1.82) is 0 Å². The van der Waals surface area contributed by atoms with Crippen LogP contribution in [0.3, 0.4) is 0 Å². The first-order chi connectivity index (χ1) is 14.1. The fourth-order valence-electron chi connectivity index (χ4n) is 3.63. The number of hydrogen-bond donors (Lipinski definition) is 2.